The minimum Gasteiger partial charge on any atom is -0.482 e. The summed E-state index contributed by atoms with van der Waals surface area (Å²) in [7, 11) is 0. The van der Waals surface area contributed by atoms with E-state index < -0.39 is 5.91 Å². The first-order valence-corrected chi connectivity index (χ1v) is 7.46. The molecule has 0 unspecified atom stereocenters. The molecule has 1 rings (SSSR count). The number of thiocarbonyl (C=S) groups is 1. The van der Waals surface area contributed by atoms with Gasteiger partial charge in [-0.1, -0.05) is 34.5 Å². The summed E-state index contributed by atoms with van der Waals surface area (Å²) in [6.45, 7) is 1.44. The molecule has 0 heterocycles. The van der Waals surface area contributed by atoms with E-state index in [0.717, 1.165) is 4.47 Å². The predicted octanol–water partition coefficient (Wildman–Crippen LogP) is 1.91. The smallest absolute Gasteiger partial charge is 0.276 e. The van der Waals surface area contributed by atoms with E-state index in [0.29, 0.717) is 17.2 Å². The minimum absolute atomic E-state index is 0.0110. The Balaban J connectivity index is 2.34. The molecule has 0 aliphatic heterocycles. The fourth-order valence-corrected chi connectivity index (χ4v) is 2.04. The van der Waals surface area contributed by atoms with E-state index in [9.17, 15) is 9.59 Å². The van der Waals surface area contributed by atoms with Crippen molar-refractivity contribution in [1.29, 1.82) is 0 Å². The number of nitrogens with one attached hydrogen (secondary N) is 3. The van der Waals surface area contributed by atoms with Crippen molar-refractivity contribution in [3.63, 3.8) is 0 Å². The van der Waals surface area contributed by atoms with Crippen LogP contribution in [-0.4, -0.2) is 23.5 Å². The zero-order valence-electron chi connectivity index (χ0n) is 11.0. The maximum absolute atomic E-state index is 11.5. The second-order valence-electron chi connectivity index (χ2n) is 3.77. The van der Waals surface area contributed by atoms with Crippen molar-refractivity contribution in [3.8, 4) is 5.75 Å². The van der Waals surface area contributed by atoms with Gasteiger partial charge in [0.15, 0.2) is 11.7 Å². The van der Waals surface area contributed by atoms with E-state index >= 15 is 0 Å². The van der Waals surface area contributed by atoms with Crippen molar-refractivity contribution >= 4 is 56.7 Å². The number of rotatable bonds is 4. The molecule has 0 atom stereocenters. The summed E-state index contributed by atoms with van der Waals surface area (Å²) >= 11 is 14.0. The topological polar surface area (TPSA) is 79.5 Å². The first kappa shape index (κ1) is 17.7. The highest BCUT2D eigenvalue weighted by atomic mass is 79.9. The number of carbonyl (C=O) groups excluding carboxylic acids is 2. The molecule has 114 valence electrons. The second-order valence-corrected chi connectivity index (χ2v) is 5.50. The summed E-state index contributed by atoms with van der Waals surface area (Å²) in [6, 6.07) is 5.04. The SMILES string of the molecule is CCC(=O)NC(=S)NNC(=O)COc1ccc(Br)cc1Cl. The van der Waals surface area contributed by atoms with Crippen molar-refractivity contribution in [1.82, 2.24) is 16.2 Å². The summed E-state index contributed by atoms with van der Waals surface area (Å²) < 4.78 is 6.06. The Bertz CT molecular complexity index is 557. The molecular formula is C12H13BrClN3O3S. The molecule has 0 spiro atoms. The summed E-state index contributed by atoms with van der Waals surface area (Å²) in [5, 5.41) is 2.77. The quantitative estimate of drug-likeness (QED) is 0.537. The lowest BCUT2D eigenvalue weighted by Crippen LogP contribution is -2.49. The molecular weight excluding hydrogens is 382 g/mol. The van der Waals surface area contributed by atoms with Crippen molar-refractivity contribution < 1.29 is 14.3 Å². The normalized spacial score (nSPS) is 9.67. The number of carbonyl (C=O) groups is 2. The summed E-state index contributed by atoms with van der Waals surface area (Å²) in [6.07, 6.45) is 0.293. The molecule has 0 aliphatic rings. The van der Waals surface area contributed by atoms with Crippen LogP contribution < -0.4 is 20.9 Å². The Labute approximate surface area is 140 Å². The van der Waals surface area contributed by atoms with E-state index in [1.165, 1.54) is 0 Å². The van der Waals surface area contributed by atoms with Gasteiger partial charge in [0, 0.05) is 10.9 Å². The monoisotopic (exact) mass is 393 g/mol. The zero-order chi connectivity index (χ0) is 15.8. The van der Waals surface area contributed by atoms with Crippen LogP contribution in [0.4, 0.5) is 0 Å². The third-order valence-corrected chi connectivity index (χ3v) is 3.13. The summed E-state index contributed by atoms with van der Waals surface area (Å²) in [5.41, 5.74) is 4.68. The number of hydrogen-bond acceptors (Lipinski definition) is 4. The van der Waals surface area contributed by atoms with E-state index in [1.54, 1.807) is 25.1 Å². The highest BCUT2D eigenvalue weighted by Crippen LogP contribution is 2.27. The van der Waals surface area contributed by atoms with Crippen molar-refractivity contribution in [2.45, 2.75) is 13.3 Å². The van der Waals surface area contributed by atoms with E-state index in [2.05, 4.69) is 32.1 Å². The molecule has 0 saturated carbocycles. The van der Waals surface area contributed by atoms with Crippen LogP contribution in [0.25, 0.3) is 0 Å². The van der Waals surface area contributed by atoms with Gasteiger partial charge in [-0.2, -0.15) is 0 Å². The molecule has 1 aromatic rings. The van der Waals surface area contributed by atoms with Gasteiger partial charge in [-0.3, -0.25) is 20.4 Å². The average Bonchev–Trinajstić information content (AvgIpc) is 2.44. The van der Waals surface area contributed by atoms with Gasteiger partial charge < -0.3 is 10.1 Å². The first-order chi connectivity index (χ1) is 9.92. The Morgan fingerprint density at radius 2 is 2.05 bits per heavy atom. The third kappa shape index (κ3) is 6.74. The Morgan fingerprint density at radius 1 is 1.33 bits per heavy atom. The van der Waals surface area contributed by atoms with Gasteiger partial charge in [-0.05, 0) is 30.4 Å². The maximum atomic E-state index is 11.5. The van der Waals surface area contributed by atoms with Gasteiger partial charge in [-0.25, -0.2) is 0 Å². The van der Waals surface area contributed by atoms with Gasteiger partial charge in [0.05, 0.1) is 5.02 Å². The van der Waals surface area contributed by atoms with Crippen molar-refractivity contribution in [2.24, 2.45) is 0 Å². The molecule has 6 nitrogen and oxygen atoms in total. The molecule has 1 aromatic carbocycles. The molecule has 0 aromatic heterocycles. The Morgan fingerprint density at radius 3 is 2.67 bits per heavy atom. The number of benzene rings is 1. The Hall–Kier alpha value is -1.38. The fraction of sp³-hybridized carbons (Fsp3) is 0.250. The van der Waals surface area contributed by atoms with Crippen LogP contribution in [0.15, 0.2) is 22.7 Å². The lowest BCUT2D eigenvalue weighted by atomic mass is 10.3. The van der Waals surface area contributed by atoms with E-state index in [-0.39, 0.29) is 17.6 Å². The van der Waals surface area contributed by atoms with Crippen LogP contribution in [0.2, 0.25) is 5.02 Å². The largest absolute Gasteiger partial charge is 0.482 e. The molecule has 0 saturated heterocycles. The van der Waals surface area contributed by atoms with Crippen molar-refractivity contribution in [3.05, 3.63) is 27.7 Å². The average molecular weight is 395 g/mol. The molecule has 0 aliphatic carbocycles. The second kappa shape index (κ2) is 8.81. The lowest BCUT2D eigenvalue weighted by molar-refractivity contribution is -0.124. The number of amides is 2. The highest BCUT2D eigenvalue weighted by molar-refractivity contribution is 9.10. The molecule has 3 N–H and O–H groups in total. The summed E-state index contributed by atoms with van der Waals surface area (Å²) in [5.74, 6) is -0.335. The first-order valence-electron chi connectivity index (χ1n) is 5.89. The lowest BCUT2D eigenvalue weighted by Gasteiger charge is -2.11. The number of hydrogen-bond donors (Lipinski definition) is 3. The standard InChI is InChI=1S/C12H13BrClN3O3S/c1-2-10(18)15-12(21)17-16-11(19)6-20-9-4-3-7(13)5-8(9)14/h3-5H,2,6H2,1H3,(H,16,19)(H2,15,17,18,21). The van der Waals surface area contributed by atoms with Crippen LogP contribution >= 0.6 is 39.7 Å². The van der Waals surface area contributed by atoms with Gasteiger partial charge in [-0.15, -0.1) is 0 Å². The zero-order valence-corrected chi connectivity index (χ0v) is 14.2. The van der Waals surface area contributed by atoms with Gasteiger partial charge in [0.1, 0.15) is 5.75 Å². The van der Waals surface area contributed by atoms with Gasteiger partial charge >= 0.3 is 0 Å². The molecule has 2 amide bonds. The number of halogens is 2. The predicted molar refractivity (Wildman–Crippen MR) is 87.0 cm³/mol. The third-order valence-electron chi connectivity index (χ3n) is 2.14. The van der Waals surface area contributed by atoms with Crippen LogP contribution in [0.5, 0.6) is 5.75 Å². The molecule has 0 fully saturated rings. The Kier molecular flexibility index (Phi) is 7.41. The maximum Gasteiger partial charge on any atom is 0.276 e. The summed E-state index contributed by atoms with van der Waals surface area (Å²) in [4.78, 5) is 22.6. The van der Waals surface area contributed by atoms with Gasteiger partial charge in [0.2, 0.25) is 5.91 Å². The van der Waals surface area contributed by atoms with Crippen LogP contribution in [0.3, 0.4) is 0 Å². The van der Waals surface area contributed by atoms with Crippen LogP contribution in [0.1, 0.15) is 13.3 Å². The van der Waals surface area contributed by atoms with E-state index in [1.807, 2.05) is 0 Å². The van der Waals surface area contributed by atoms with E-state index in [4.69, 9.17) is 28.6 Å². The molecule has 21 heavy (non-hydrogen) atoms. The minimum atomic E-state index is -0.470. The van der Waals surface area contributed by atoms with Gasteiger partial charge in [0.25, 0.3) is 5.91 Å². The molecule has 0 bridgehead atoms. The van der Waals surface area contributed by atoms with Crippen molar-refractivity contribution in [2.75, 3.05) is 6.61 Å². The molecule has 0 radical (unpaired) electrons. The number of hydrazine groups is 1. The van der Waals surface area contributed by atoms with Crippen LogP contribution in [-0.2, 0) is 9.59 Å². The van der Waals surface area contributed by atoms with Crippen LogP contribution in [0, 0.1) is 0 Å². The fourth-order valence-electron chi connectivity index (χ4n) is 1.14. The highest BCUT2D eigenvalue weighted by Gasteiger charge is 2.07. The molecule has 9 heteroatoms. The number of ether oxygens (including phenoxy) is 1.